The van der Waals surface area contributed by atoms with E-state index >= 15 is 0 Å². The highest BCUT2D eigenvalue weighted by Crippen LogP contribution is 2.33. The first-order valence-corrected chi connectivity index (χ1v) is 7.99. The van der Waals surface area contributed by atoms with Crippen LogP contribution in [-0.2, 0) is 11.2 Å². The number of carbonyl (C=O) groups excluding carboxylic acids is 1. The molecule has 5 heteroatoms. The minimum atomic E-state index is 0.172. The van der Waals surface area contributed by atoms with Gasteiger partial charge in [-0.15, -0.1) is 11.3 Å². The van der Waals surface area contributed by atoms with E-state index in [2.05, 4.69) is 27.0 Å². The molecule has 0 radical (unpaired) electrons. The van der Waals surface area contributed by atoms with Gasteiger partial charge in [-0.3, -0.25) is 9.69 Å². The van der Waals surface area contributed by atoms with E-state index in [1.807, 2.05) is 11.3 Å². The van der Waals surface area contributed by atoms with Crippen LogP contribution in [0.3, 0.4) is 0 Å². The largest absolute Gasteiger partial charge is 0.348 e. The Bertz CT molecular complexity index is 440. The van der Waals surface area contributed by atoms with Crippen molar-refractivity contribution < 1.29 is 4.79 Å². The summed E-state index contributed by atoms with van der Waals surface area (Å²) in [5.41, 5.74) is 1.35. The zero-order valence-electron chi connectivity index (χ0n) is 11.2. The molecule has 2 aliphatic rings. The number of thiophene rings is 1. The van der Waals surface area contributed by atoms with Gasteiger partial charge in [0.2, 0.25) is 5.91 Å². The predicted octanol–water partition coefficient (Wildman–Crippen LogP) is 1.15. The Morgan fingerprint density at radius 1 is 1.47 bits per heavy atom. The molecule has 1 aromatic rings. The van der Waals surface area contributed by atoms with Gasteiger partial charge in [0.05, 0.1) is 12.6 Å². The van der Waals surface area contributed by atoms with Gasteiger partial charge in [0, 0.05) is 31.1 Å². The number of amides is 1. The van der Waals surface area contributed by atoms with Crippen LogP contribution in [0.2, 0.25) is 0 Å². The Kier molecular flexibility index (Phi) is 4.15. The highest BCUT2D eigenvalue weighted by atomic mass is 32.1. The quantitative estimate of drug-likeness (QED) is 0.872. The summed E-state index contributed by atoms with van der Waals surface area (Å²) in [5.74, 6) is 0.172. The first-order valence-electron chi connectivity index (χ1n) is 7.11. The Morgan fingerprint density at radius 2 is 2.32 bits per heavy atom. The average Bonchev–Trinajstić information content (AvgIpc) is 2.89. The molecule has 3 rings (SSSR count). The van der Waals surface area contributed by atoms with Gasteiger partial charge < -0.3 is 10.6 Å². The molecule has 1 amide bonds. The topological polar surface area (TPSA) is 44.4 Å². The van der Waals surface area contributed by atoms with Gasteiger partial charge in [0.25, 0.3) is 0 Å². The lowest BCUT2D eigenvalue weighted by atomic mass is 9.94. The number of piperazine rings is 1. The summed E-state index contributed by atoms with van der Waals surface area (Å²) in [6.45, 7) is 4.47. The molecule has 1 atom stereocenters. The number of hydrogen-bond acceptors (Lipinski definition) is 4. The summed E-state index contributed by atoms with van der Waals surface area (Å²) in [7, 11) is 0. The molecule has 1 unspecified atom stereocenters. The van der Waals surface area contributed by atoms with Crippen LogP contribution in [0.1, 0.15) is 29.3 Å². The summed E-state index contributed by atoms with van der Waals surface area (Å²) in [6, 6.07) is 2.42. The maximum atomic E-state index is 12.1. The van der Waals surface area contributed by atoms with Gasteiger partial charge in [-0.05, 0) is 36.3 Å². The van der Waals surface area contributed by atoms with Crippen molar-refractivity contribution in [3.05, 3.63) is 21.9 Å². The van der Waals surface area contributed by atoms with E-state index in [1.165, 1.54) is 23.3 Å². The zero-order chi connectivity index (χ0) is 13.1. The number of fused-ring (bicyclic) bond motifs is 1. The predicted molar refractivity (Wildman–Crippen MR) is 77.5 cm³/mol. The summed E-state index contributed by atoms with van der Waals surface area (Å²) in [4.78, 5) is 15.8. The van der Waals surface area contributed by atoms with Crippen molar-refractivity contribution in [2.24, 2.45) is 0 Å². The Balaban J connectivity index is 1.55. The molecule has 0 aromatic carbocycles. The molecule has 1 aliphatic carbocycles. The monoisotopic (exact) mass is 279 g/mol. The molecular weight excluding hydrogens is 258 g/mol. The van der Waals surface area contributed by atoms with Crippen molar-refractivity contribution in [1.82, 2.24) is 15.5 Å². The molecular formula is C14H21N3OS. The first-order chi connectivity index (χ1) is 9.33. The van der Waals surface area contributed by atoms with E-state index in [0.717, 1.165) is 32.6 Å². The van der Waals surface area contributed by atoms with Crippen LogP contribution in [-0.4, -0.2) is 43.5 Å². The molecule has 2 heterocycles. The summed E-state index contributed by atoms with van der Waals surface area (Å²) >= 11 is 1.82. The van der Waals surface area contributed by atoms with Crippen LogP contribution < -0.4 is 10.6 Å². The number of nitrogens with zero attached hydrogens (tertiary/aromatic N) is 1. The van der Waals surface area contributed by atoms with Gasteiger partial charge in [-0.25, -0.2) is 0 Å². The van der Waals surface area contributed by atoms with Crippen molar-refractivity contribution in [2.75, 3.05) is 32.7 Å². The second-order valence-electron chi connectivity index (χ2n) is 5.34. The maximum absolute atomic E-state index is 12.1. The standard InChI is InChI=1S/C14H21N3OS/c18-14(10-17-7-5-15-6-8-17)16-12-2-1-3-13-11(12)4-9-19-13/h4,9,12,15H,1-3,5-8,10H2,(H,16,18). The Labute approximate surface area is 118 Å². The second kappa shape index (κ2) is 6.03. The van der Waals surface area contributed by atoms with Crippen LogP contribution in [0.15, 0.2) is 11.4 Å². The van der Waals surface area contributed by atoms with Gasteiger partial charge >= 0.3 is 0 Å². The van der Waals surface area contributed by atoms with Crippen LogP contribution in [0.5, 0.6) is 0 Å². The van der Waals surface area contributed by atoms with Gasteiger partial charge in [0.1, 0.15) is 0 Å². The fourth-order valence-corrected chi connectivity index (χ4v) is 3.94. The lowest BCUT2D eigenvalue weighted by Gasteiger charge is -2.28. The lowest BCUT2D eigenvalue weighted by Crippen LogP contribution is -2.48. The zero-order valence-corrected chi connectivity index (χ0v) is 12.0. The van der Waals surface area contributed by atoms with Gasteiger partial charge in [-0.2, -0.15) is 0 Å². The SMILES string of the molecule is O=C(CN1CCNCC1)NC1CCCc2sccc21. The van der Waals surface area contributed by atoms with E-state index in [9.17, 15) is 4.79 Å². The van der Waals surface area contributed by atoms with E-state index in [-0.39, 0.29) is 11.9 Å². The molecule has 4 nitrogen and oxygen atoms in total. The number of nitrogens with one attached hydrogen (secondary N) is 2. The molecule has 2 N–H and O–H groups in total. The van der Waals surface area contributed by atoms with E-state index in [4.69, 9.17) is 0 Å². The highest BCUT2D eigenvalue weighted by Gasteiger charge is 2.23. The molecule has 104 valence electrons. The number of rotatable bonds is 3. The number of hydrogen-bond donors (Lipinski definition) is 2. The number of carbonyl (C=O) groups is 1. The molecule has 0 bridgehead atoms. The fraction of sp³-hybridized carbons (Fsp3) is 0.643. The minimum Gasteiger partial charge on any atom is -0.348 e. The molecule has 0 saturated carbocycles. The van der Waals surface area contributed by atoms with Crippen molar-refractivity contribution in [2.45, 2.75) is 25.3 Å². The van der Waals surface area contributed by atoms with Crippen molar-refractivity contribution in [3.8, 4) is 0 Å². The normalized spacial score (nSPS) is 23.9. The summed E-state index contributed by atoms with van der Waals surface area (Å²) in [6.07, 6.45) is 3.44. The summed E-state index contributed by atoms with van der Waals surface area (Å²) in [5, 5.41) is 8.67. The minimum absolute atomic E-state index is 0.172. The molecule has 1 fully saturated rings. The van der Waals surface area contributed by atoms with Crippen molar-refractivity contribution >= 4 is 17.2 Å². The smallest absolute Gasteiger partial charge is 0.234 e. The molecule has 1 saturated heterocycles. The third-order valence-electron chi connectivity index (χ3n) is 3.96. The molecule has 1 aliphatic heterocycles. The first kappa shape index (κ1) is 13.1. The van der Waals surface area contributed by atoms with Gasteiger partial charge in [0.15, 0.2) is 0 Å². The molecule has 0 spiro atoms. The van der Waals surface area contributed by atoms with E-state index in [0.29, 0.717) is 6.54 Å². The molecule has 1 aromatic heterocycles. The summed E-state index contributed by atoms with van der Waals surface area (Å²) < 4.78 is 0. The van der Waals surface area contributed by atoms with Crippen LogP contribution in [0.25, 0.3) is 0 Å². The van der Waals surface area contributed by atoms with Crippen LogP contribution in [0.4, 0.5) is 0 Å². The Hall–Kier alpha value is -0.910. The lowest BCUT2D eigenvalue weighted by molar-refractivity contribution is -0.123. The molecule has 19 heavy (non-hydrogen) atoms. The van der Waals surface area contributed by atoms with Gasteiger partial charge in [-0.1, -0.05) is 0 Å². The third-order valence-corrected chi connectivity index (χ3v) is 4.96. The second-order valence-corrected chi connectivity index (χ2v) is 6.34. The highest BCUT2D eigenvalue weighted by molar-refractivity contribution is 7.10. The number of aryl methyl sites for hydroxylation is 1. The third kappa shape index (κ3) is 3.16. The fourth-order valence-electron chi connectivity index (χ4n) is 2.95. The van der Waals surface area contributed by atoms with Crippen molar-refractivity contribution in [1.29, 1.82) is 0 Å². The average molecular weight is 279 g/mol. The van der Waals surface area contributed by atoms with Crippen molar-refractivity contribution in [3.63, 3.8) is 0 Å². The van der Waals surface area contributed by atoms with E-state index < -0.39 is 0 Å². The van der Waals surface area contributed by atoms with Crippen LogP contribution in [0, 0.1) is 0 Å². The van der Waals surface area contributed by atoms with E-state index in [1.54, 1.807) is 0 Å². The van der Waals surface area contributed by atoms with Crippen LogP contribution >= 0.6 is 11.3 Å². The Morgan fingerprint density at radius 3 is 3.16 bits per heavy atom. The maximum Gasteiger partial charge on any atom is 0.234 e.